The van der Waals surface area contributed by atoms with Crippen LogP contribution in [0.3, 0.4) is 0 Å². The molecule has 0 aromatic carbocycles. The van der Waals surface area contributed by atoms with Gasteiger partial charge in [0, 0.05) is 12.8 Å². The Morgan fingerprint density at radius 3 is 1.34 bits per heavy atom. The number of unbranched alkanes of at least 4 members (excludes halogenated alkanes) is 26. The summed E-state index contributed by atoms with van der Waals surface area (Å²) >= 11 is 0. The van der Waals surface area contributed by atoms with Crippen LogP contribution >= 0.6 is 7.82 Å². The molecule has 0 heterocycles. The molecule has 0 fully saturated rings. The molecule has 0 saturated carbocycles. The molecule has 9 nitrogen and oxygen atoms in total. The summed E-state index contributed by atoms with van der Waals surface area (Å²) in [5.41, 5.74) is 0. The van der Waals surface area contributed by atoms with Gasteiger partial charge in [-0.1, -0.05) is 198 Å². The Labute approximate surface area is 376 Å². The van der Waals surface area contributed by atoms with Crippen LogP contribution in [-0.4, -0.2) is 74.9 Å². The van der Waals surface area contributed by atoms with E-state index in [2.05, 4.69) is 50.3 Å². The van der Waals surface area contributed by atoms with Gasteiger partial charge in [-0.05, 0) is 51.4 Å². The summed E-state index contributed by atoms with van der Waals surface area (Å²) in [4.78, 5) is 35.5. The molecule has 0 aliphatic heterocycles. The molecule has 2 atom stereocenters. The summed E-state index contributed by atoms with van der Waals surface area (Å²) < 4.78 is 34.4. The smallest absolute Gasteiger partial charge is 0.462 e. The van der Waals surface area contributed by atoms with Crippen molar-refractivity contribution in [1.82, 2.24) is 0 Å². The summed E-state index contributed by atoms with van der Waals surface area (Å²) in [7, 11) is 1.47. The van der Waals surface area contributed by atoms with Gasteiger partial charge < -0.3 is 18.9 Å². The van der Waals surface area contributed by atoms with Crippen LogP contribution in [0.2, 0.25) is 0 Å². The third-order valence-electron chi connectivity index (χ3n) is 10.9. The van der Waals surface area contributed by atoms with Gasteiger partial charge in [0.1, 0.15) is 19.8 Å². The lowest BCUT2D eigenvalue weighted by Crippen LogP contribution is -2.37. The highest BCUT2D eigenvalue weighted by atomic mass is 31.2. The number of phosphoric ester groups is 1. The Kier molecular flexibility index (Phi) is 42.2. The molecule has 358 valence electrons. The first-order valence-electron chi connectivity index (χ1n) is 25.2. The van der Waals surface area contributed by atoms with Crippen molar-refractivity contribution in [3.8, 4) is 0 Å². The minimum Gasteiger partial charge on any atom is -0.462 e. The zero-order valence-corrected chi connectivity index (χ0v) is 41.3. The van der Waals surface area contributed by atoms with Gasteiger partial charge in [0.05, 0.1) is 27.7 Å². The van der Waals surface area contributed by atoms with E-state index in [1.54, 1.807) is 0 Å². The maximum absolute atomic E-state index is 12.7. The molecule has 0 radical (unpaired) electrons. The van der Waals surface area contributed by atoms with Crippen molar-refractivity contribution in [3.63, 3.8) is 0 Å². The van der Waals surface area contributed by atoms with Gasteiger partial charge in [0.15, 0.2) is 6.10 Å². The van der Waals surface area contributed by atoms with Crippen LogP contribution in [0.4, 0.5) is 0 Å². The molecule has 0 aromatic rings. The van der Waals surface area contributed by atoms with E-state index >= 15 is 0 Å². The SMILES string of the molecule is CCCCC/C=C/C/C=C/C/C=C/CCCCCCC(=O)O[C@H](COC(=O)CCCCCCCCCCCCCCCCCCCCCC)COP(=O)(O)OCC[N+](C)(C)C. The van der Waals surface area contributed by atoms with Gasteiger partial charge in [0.25, 0.3) is 0 Å². The Balaban J connectivity index is 4.27. The second kappa shape index (κ2) is 43.5. The highest BCUT2D eigenvalue weighted by molar-refractivity contribution is 7.47. The topological polar surface area (TPSA) is 108 Å². The Morgan fingerprint density at radius 2 is 0.885 bits per heavy atom. The van der Waals surface area contributed by atoms with Crippen LogP contribution in [0.15, 0.2) is 36.5 Å². The summed E-state index contributed by atoms with van der Waals surface area (Å²) in [5.74, 6) is -0.815. The minimum absolute atomic E-state index is 0.0279. The minimum atomic E-state index is -4.38. The molecule has 1 unspecified atom stereocenters. The fourth-order valence-corrected chi connectivity index (χ4v) is 7.70. The van der Waals surface area contributed by atoms with E-state index in [9.17, 15) is 19.0 Å². The molecule has 0 aliphatic carbocycles. The highest BCUT2D eigenvalue weighted by Crippen LogP contribution is 2.43. The number of nitrogens with zero attached hydrogens (tertiary/aromatic N) is 1. The van der Waals surface area contributed by atoms with Crippen LogP contribution in [-0.2, 0) is 32.7 Å². The predicted octanol–water partition coefficient (Wildman–Crippen LogP) is 14.9. The second-order valence-electron chi connectivity index (χ2n) is 18.2. The van der Waals surface area contributed by atoms with Crippen LogP contribution in [0.25, 0.3) is 0 Å². The molecule has 0 spiro atoms. The third-order valence-corrected chi connectivity index (χ3v) is 11.9. The normalized spacial score (nSPS) is 13.7. The Bertz CT molecular complexity index is 1130. The predicted molar refractivity (Wildman–Crippen MR) is 257 cm³/mol. The lowest BCUT2D eigenvalue weighted by Gasteiger charge is -2.24. The summed E-state index contributed by atoms with van der Waals surface area (Å²) in [6.07, 6.45) is 50.5. The maximum Gasteiger partial charge on any atom is 0.472 e. The number of carbonyl (C=O) groups excluding carboxylic acids is 2. The number of quaternary nitrogens is 1. The maximum atomic E-state index is 12.7. The van der Waals surface area contributed by atoms with Gasteiger partial charge >= 0.3 is 19.8 Å². The van der Waals surface area contributed by atoms with E-state index < -0.39 is 26.5 Å². The summed E-state index contributed by atoms with van der Waals surface area (Å²) in [5, 5.41) is 0. The zero-order chi connectivity index (χ0) is 45.0. The van der Waals surface area contributed by atoms with E-state index in [0.29, 0.717) is 17.4 Å². The lowest BCUT2D eigenvalue weighted by molar-refractivity contribution is -0.870. The Morgan fingerprint density at radius 1 is 0.508 bits per heavy atom. The largest absolute Gasteiger partial charge is 0.472 e. The molecule has 1 N–H and O–H groups in total. The number of esters is 2. The average Bonchev–Trinajstić information content (AvgIpc) is 3.21. The van der Waals surface area contributed by atoms with Crippen molar-refractivity contribution in [3.05, 3.63) is 36.5 Å². The number of rotatable bonds is 46. The first-order chi connectivity index (χ1) is 29.5. The number of likely N-dealkylation sites (N-methyl/N-ethyl adjacent to an activating group) is 1. The van der Waals surface area contributed by atoms with Crippen LogP contribution in [0.1, 0.15) is 226 Å². The van der Waals surface area contributed by atoms with Crippen molar-refractivity contribution in [2.75, 3.05) is 47.5 Å². The van der Waals surface area contributed by atoms with Gasteiger partial charge in [0.2, 0.25) is 0 Å². The number of phosphoric acid groups is 1. The van der Waals surface area contributed by atoms with Gasteiger partial charge in [-0.3, -0.25) is 18.6 Å². The van der Waals surface area contributed by atoms with Crippen molar-refractivity contribution in [1.29, 1.82) is 0 Å². The number of hydrogen-bond donors (Lipinski definition) is 1. The lowest BCUT2D eigenvalue weighted by atomic mass is 10.0. The molecule has 0 saturated heterocycles. The first-order valence-corrected chi connectivity index (χ1v) is 26.7. The van der Waals surface area contributed by atoms with Crippen molar-refractivity contribution in [2.45, 2.75) is 232 Å². The van der Waals surface area contributed by atoms with Gasteiger partial charge in [-0.2, -0.15) is 0 Å². The van der Waals surface area contributed by atoms with Crippen molar-refractivity contribution >= 4 is 19.8 Å². The number of carbonyl (C=O) groups is 2. The van der Waals surface area contributed by atoms with Crippen LogP contribution < -0.4 is 0 Å². The monoisotopic (exact) mass is 883 g/mol. The molecular weight excluding hydrogens is 786 g/mol. The van der Waals surface area contributed by atoms with Gasteiger partial charge in [-0.15, -0.1) is 0 Å². The molecule has 0 bridgehead atoms. The molecule has 0 rings (SSSR count). The molecular formula is C51H97NO8P+. The number of hydrogen-bond acceptors (Lipinski definition) is 7. The van der Waals surface area contributed by atoms with E-state index in [4.69, 9.17) is 18.5 Å². The molecule has 10 heteroatoms. The standard InChI is InChI=1S/C51H96NO8P/c1-6-8-10-12-14-16-18-20-22-24-25-26-28-29-31-33-35-37-39-41-43-50(53)57-47-49(48-59-61(55,56)58-46-45-52(3,4)5)60-51(54)44-42-40-38-36-34-32-30-27-23-21-19-17-15-13-11-9-7-2/h15,17,21,23,30,32,49H,6-14,16,18-20,22,24-29,31,33-48H2,1-5H3/p+1/b17-15+,23-21+,32-30+/t49-/m1/s1. The summed E-state index contributed by atoms with van der Waals surface area (Å²) in [6, 6.07) is 0. The van der Waals surface area contributed by atoms with Crippen molar-refractivity contribution in [2.24, 2.45) is 0 Å². The molecule has 0 amide bonds. The van der Waals surface area contributed by atoms with Crippen LogP contribution in [0, 0.1) is 0 Å². The molecule has 0 aliphatic rings. The molecule has 61 heavy (non-hydrogen) atoms. The van der Waals surface area contributed by atoms with E-state index in [-0.39, 0.29) is 32.0 Å². The third kappa shape index (κ3) is 47.5. The van der Waals surface area contributed by atoms with E-state index in [0.717, 1.165) is 57.8 Å². The Hall–Kier alpha value is -1.77. The zero-order valence-electron chi connectivity index (χ0n) is 40.4. The summed E-state index contributed by atoms with van der Waals surface area (Å²) in [6.45, 7) is 4.40. The van der Waals surface area contributed by atoms with Crippen molar-refractivity contribution < 1.29 is 42.1 Å². The average molecular weight is 883 g/mol. The molecule has 0 aromatic heterocycles. The fourth-order valence-electron chi connectivity index (χ4n) is 6.96. The number of ether oxygens (including phenoxy) is 2. The first kappa shape index (κ1) is 59.2. The number of allylic oxidation sites excluding steroid dienone is 6. The fraction of sp³-hybridized carbons (Fsp3) is 0.843. The van der Waals surface area contributed by atoms with Crippen LogP contribution in [0.5, 0.6) is 0 Å². The van der Waals surface area contributed by atoms with E-state index in [1.165, 1.54) is 135 Å². The second-order valence-corrected chi connectivity index (χ2v) is 19.7. The van der Waals surface area contributed by atoms with Gasteiger partial charge in [-0.25, -0.2) is 4.57 Å². The van der Waals surface area contributed by atoms with E-state index in [1.807, 2.05) is 21.1 Å². The highest BCUT2D eigenvalue weighted by Gasteiger charge is 2.27. The quantitative estimate of drug-likeness (QED) is 0.0212.